The molecule has 0 radical (unpaired) electrons. The van der Waals surface area contributed by atoms with Gasteiger partial charge in [0.2, 0.25) is 0 Å². The highest BCUT2D eigenvalue weighted by Gasteiger charge is 2.29. The number of carbonyl (C=O) groups excluding carboxylic acids is 1. The molecule has 1 saturated heterocycles. The second kappa shape index (κ2) is 6.81. The van der Waals surface area contributed by atoms with Gasteiger partial charge in [0.15, 0.2) is 0 Å². The van der Waals surface area contributed by atoms with Gasteiger partial charge < -0.3 is 4.90 Å². The largest absolute Gasteiger partial charge is 0.335 e. The van der Waals surface area contributed by atoms with Crippen LogP contribution in [0, 0.1) is 17.1 Å². The molecular formula is C19H18FN3O. The summed E-state index contributed by atoms with van der Waals surface area (Å²) in [5.41, 5.74) is 1.99. The van der Waals surface area contributed by atoms with Crippen LogP contribution in [0.15, 0.2) is 48.5 Å². The summed E-state index contributed by atoms with van der Waals surface area (Å²) >= 11 is 0. The molecular weight excluding hydrogens is 305 g/mol. The third-order valence-corrected chi connectivity index (χ3v) is 4.43. The fourth-order valence-corrected chi connectivity index (χ4v) is 3.01. The summed E-state index contributed by atoms with van der Waals surface area (Å²) < 4.78 is 13.1. The number of likely N-dealkylation sites (N-methyl/N-ethyl adjacent to an activating group) is 1. The molecule has 5 heteroatoms. The second-order valence-electron chi connectivity index (χ2n) is 5.99. The first-order chi connectivity index (χ1) is 11.6. The summed E-state index contributed by atoms with van der Waals surface area (Å²) in [5, 5.41) is 8.99. The van der Waals surface area contributed by atoms with Crippen molar-refractivity contribution in [2.75, 3.05) is 26.7 Å². The molecule has 1 aliphatic rings. The first-order valence-electron chi connectivity index (χ1n) is 7.83. The number of piperazine rings is 1. The normalized spacial score (nSPS) is 18.2. The maximum absolute atomic E-state index is 13.1. The molecule has 1 heterocycles. The van der Waals surface area contributed by atoms with Crippen LogP contribution in [0.4, 0.5) is 4.39 Å². The van der Waals surface area contributed by atoms with Crippen LogP contribution < -0.4 is 0 Å². The van der Waals surface area contributed by atoms with Gasteiger partial charge in [-0.15, -0.1) is 0 Å². The Bertz CT molecular complexity index is 782. The average Bonchev–Trinajstić information content (AvgIpc) is 2.62. The van der Waals surface area contributed by atoms with E-state index < -0.39 is 0 Å². The van der Waals surface area contributed by atoms with Crippen molar-refractivity contribution in [3.05, 3.63) is 71.0 Å². The molecule has 24 heavy (non-hydrogen) atoms. The molecule has 4 nitrogen and oxygen atoms in total. The summed E-state index contributed by atoms with van der Waals surface area (Å²) in [5.74, 6) is -0.342. The van der Waals surface area contributed by atoms with Gasteiger partial charge in [-0.05, 0) is 42.9 Å². The summed E-state index contributed by atoms with van der Waals surface area (Å²) in [4.78, 5) is 16.7. The van der Waals surface area contributed by atoms with Gasteiger partial charge in [-0.3, -0.25) is 9.69 Å². The Balaban J connectivity index is 1.80. The zero-order chi connectivity index (χ0) is 17.1. The van der Waals surface area contributed by atoms with Crippen LogP contribution in [-0.4, -0.2) is 42.4 Å². The Hall–Kier alpha value is -2.71. The lowest BCUT2D eigenvalue weighted by atomic mass is 10.0. The maximum atomic E-state index is 13.1. The standard InChI is InChI=1S/C19H18FN3O/c1-22-9-10-23(13-18(22)15-5-7-17(20)8-6-15)19(24)16-4-2-3-14(11-16)12-21/h2-8,11,18H,9-10,13H2,1H3. The fourth-order valence-electron chi connectivity index (χ4n) is 3.01. The van der Waals surface area contributed by atoms with Gasteiger partial charge in [0.05, 0.1) is 17.7 Å². The molecule has 0 aromatic heterocycles. The van der Waals surface area contributed by atoms with Gasteiger partial charge in [0.1, 0.15) is 5.82 Å². The van der Waals surface area contributed by atoms with Crippen LogP contribution in [-0.2, 0) is 0 Å². The minimum absolute atomic E-state index is 0.0300. The van der Waals surface area contributed by atoms with Crippen molar-refractivity contribution in [1.29, 1.82) is 5.26 Å². The molecule has 3 rings (SSSR count). The Kier molecular flexibility index (Phi) is 4.59. The molecule has 0 N–H and O–H groups in total. The van der Waals surface area contributed by atoms with E-state index in [9.17, 15) is 9.18 Å². The van der Waals surface area contributed by atoms with E-state index in [1.807, 2.05) is 7.05 Å². The molecule has 0 saturated carbocycles. The van der Waals surface area contributed by atoms with E-state index in [4.69, 9.17) is 5.26 Å². The molecule has 1 unspecified atom stereocenters. The predicted molar refractivity (Wildman–Crippen MR) is 88.8 cm³/mol. The molecule has 2 aromatic carbocycles. The number of benzene rings is 2. The van der Waals surface area contributed by atoms with Crippen molar-refractivity contribution in [2.24, 2.45) is 0 Å². The Morgan fingerprint density at radius 1 is 1.21 bits per heavy atom. The quantitative estimate of drug-likeness (QED) is 0.854. The first kappa shape index (κ1) is 16.2. The van der Waals surface area contributed by atoms with E-state index in [1.54, 1.807) is 41.3 Å². The van der Waals surface area contributed by atoms with Gasteiger partial charge in [-0.25, -0.2) is 4.39 Å². The van der Waals surface area contributed by atoms with Crippen LogP contribution in [0.25, 0.3) is 0 Å². The van der Waals surface area contributed by atoms with Crippen molar-refractivity contribution < 1.29 is 9.18 Å². The lowest BCUT2D eigenvalue weighted by Gasteiger charge is -2.39. The molecule has 0 aliphatic carbocycles. The number of amides is 1. The first-order valence-corrected chi connectivity index (χ1v) is 7.83. The van der Waals surface area contributed by atoms with Crippen molar-refractivity contribution in [3.8, 4) is 6.07 Å². The SMILES string of the molecule is CN1CCN(C(=O)c2cccc(C#N)c2)CC1c1ccc(F)cc1. The average molecular weight is 323 g/mol. The van der Waals surface area contributed by atoms with E-state index in [0.717, 1.165) is 12.1 Å². The van der Waals surface area contributed by atoms with Crippen LogP contribution in [0.1, 0.15) is 27.5 Å². The van der Waals surface area contributed by atoms with E-state index in [2.05, 4.69) is 11.0 Å². The van der Waals surface area contributed by atoms with Crippen molar-refractivity contribution in [1.82, 2.24) is 9.80 Å². The summed E-state index contributed by atoms with van der Waals surface area (Å²) in [6.45, 7) is 1.91. The van der Waals surface area contributed by atoms with Gasteiger partial charge in [0.25, 0.3) is 5.91 Å². The van der Waals surface area contributed by atoms with Gasteiger partial charge >= 0.3 is 0 Å². The van der Waals surface area contributed by atoms with Crippen molar-refractivity contribution in [3.63, 3.8) is 0 Å². The van der Waals surface area contributed by atoms with Crippen LogP contribution in [0.2, 0.25) is 0 Å². The molecule has 1 amide bonds. The number of nitriles is 1. The lowest BCUT2D eigenvalue weighted by Crippen LogP contribution is -2.49. The van der Waals surface area contributed by atoms with E-state index >= 15 is 0 Å². The molecule has 0 spiro atoms. The number of hydrogen-bond donors (Lipinski definition) is 0. The lowest BCUT2D eigenvalue weighted by molar-refractivity contribution is 0.0546. The molecule has 1 fully saturated rings. The number of rotatable bonds is 2. The monoisotopic (exact) mass is 323 g/mol. The molecule has 1 atom stereocenters. The van der Waals surface area contributed by atoms with E-state index in [-0.39, 0.29) is 17.8 Å². The molecule has 122 valence electrons. The highest BCUT2D eigenvalue weighted by Crippen LogP contribution is 2.25. The number of hydrogen-bond acceptors (Lipinski definition) is 3. The Morgan fingerprint density at radius 3 is 2.67 bits per heavy atom. The van der Waals surface area contributed by atoms with Crippen LogP contribution >= 0.6 is 0 Å². The Labute approximate surface area is 140 Å². The second-order valence-corrected chi connectivity index (χ2v) is 5.99. The number of halogens is 1. The van der Waals surface area contributed by atoms with E-state index in [1.165, 1.54) is 12.1 Å². The summed E-state index contributed by atoms with van der Waals surface area (Å²) in [6, 6.07) is 15.3. The maximum Gasteiger partial charge on any atom is 0.254 e. The molecule has 0 bridgehead atoms. The number of nitrogens with zero attached hydrogens (tertiary/aromatic N) is 3. The summed E-state index contributed by atoms with van der Waals surface area (Å²) in [7, 11) is 2.01. The van der Waals surface area contributed by atoms with Crippen LogP contribution in [0.5, 0.6) is 0 Å². The zero-order valence-corrected chi connectivity index (χ0v) is 13.4. The molecule has 1 aliphatic heterocycles. The smallest absolute Gasteiger partial charge is 0.254 e. The third-order valence-electron chi connectivity index (χ3n) is 4.43. The van der Waals surface area contributed by atoms with Crippen molar-refractivity contribution in [2.45, 2.75) is 6.04 Å². The zero-order valence-electron chi connectivity index (χ0n) is 13.4. The fraction of sp³-hybridized carbons (Fsp3) is 0.263. The van der Waals surface area contributed by atoms with Crippen LogP contribution in [0.3, 0.4) is 0 Å². The minimum atomic E-state index is -0.265. The number of carbonyl (C=O) groups is 1. The van der Waals surface area contributed by atoms with Gasteiger partial charge in [-0.2, -0.15) is 5.26 Å². The highest BCUT2D eigenvalue weighted by molar-refractivity contribution is 5.94. The third kappa shape index (κ3) is 3.29. The summed E-state index contributed by atoms with van der Waals surface area (Å²) in [6.07, 6.45) is 0. The predicted octanol–water partition coefficient (Wildman–Crippen LogP) is 2.83. The van der Waals surface area contributed by atoms with Crippen molar-refractivity contribution >= 4 is 5.91 Å². The van der Waals surface area contributed by atoms with E-state index in [0.29, 0.717) is 24.2 Å². The van der Waals surface area contributed by atoms with Gasteiger partial charge in [0, 0.05) is 25.2 Å². The minimum Gasteiger partial charge on any atom is -0.335 e. The Morgan fingerprint density at radius 2 is 1.96 bits per heavy atom. The molecule has 2 aromatic rings. The highest BCUT2D eigenvalue weighted by atomic mass is 19.1. The van der Waals surface area contributed by atoms with Gasteiger partial charge in [-0.1, -0.05) is 18.2 Å². The topological polar surface area (TPSA) is 47.3 Å².